The van der Waals surface area contributed by atoms with Gasteiger partial charge < -0.3 is 40.9 Å². The maximum atomic E-state index is 10.3. The van der Waals surface area contributed by atoms with Crippen LogP contribution in [-0.4, -0.2) is 64.7 Å². The summed E-state index contributed by atoms with van der Waals surface area (Å²) in [6.45, 7) is 0. The fraction of sp³-hybridized carbons (Fsp3) is 0. The van der Waals surface area contributed by atoms with Gasteiger partial charge in [0.05, 0.1) is 0 Å². The van der Waals surface area contributed by atoms with Gasteiger partial charge in [-0.25, -0.2) is 19.2 Å². The molecular weight excluding hydrogens is 655 g/mol. The Bertz CT molecular complexity index is 1250. The number of hydrogen-bond donors (Lipinski definition) is 8. The molecule has 0 aromatic heterocycles. The van der Waals surface area contributed by atoms with Crippen molar-refractivity contribution in [3.63, 3.8) is 0 Å². The average molecular weight is 680 g/mol. The summed E-state index contributed by atoms with van der Waals surface area (Å²) in [5.74, 6) is -5.25. The normalized spacial score (nSPS) is 8.76. The van der Waals surface area contributed by atoms with Crippen molar-refractivity contribution < 1.29 is 94.2 Å². The van der Waals surface area contributed by atoms with Crippen molar-refractivity contribution in [2.24, 2.45) is 0 Å². The molecule has 0 atom stereocenters. The van der Waals surface area contributed by atoms with Crippen molar-refractivity contribution in [1.82, 2.24) is 0 Å². The number of carbonyl (C=O) groups is 4. The van der Waals surface area contributed by atoms with Crippen LogP contribution < -0.4 is 0 Å². The zero-order chi connectivity index (χ0) is 30.2. The molecule has 0 spiro atoms. The van der Waals surface area contributed by atoms with Crippen LogP contribution >= 0.6 is 0 Å². The first kappa shape index (κ1) is 39.1. The molecule has 0 heterocycles. The molecule has 8 N–H and O–H groups in total. The fourth-order valence-corrected chi connectivity index (χ4v) is 2.62. The van der Waals surface area contributed by atoms with E-state index >= 15 is 0 Å². The number of para-hydroxylation sites is 4. The number of phenols is 4. The van der Waals surface area contributed by atoms with Crippen LogP contribution in [0, 0.1) is 0 Å². The molecule has 230 valence electrons. The minimum Gasteiger partial charge on any atom is -0.507 e. The smallest absolute Gasteiger partial charge is 0.339 e. The van der Waals surface area contributed by atoms with Crippen LogP contribution in [0.15, 0.2) is 97.1 Å². The summed E-state index contributed by atoms with van der Waals surface area (Å²) in [6, 6.07) is 23.2. The third-order valence-electron chi connectivity index (χ3n) is 4.54. The van der Waals surface area contributed by atoms with E-state index in [1.165, 1.54) is 48.5 Å². The molecule has 42 heavy (non-hydrogen) atoms. The van der Waals surface area contributed by atoms with E-state index in [2.05, 4.69) is 0 Å². The van der Waals surface area contributed by atoms with Gasteiger partial charge in [0, 0.05) is 34.1 Å². The number of aromatic carboxylic acids is 4. The molecule has 4 aromatic rings. The summed E-state index contributed by atoms with van der Waals surface area (Å²) >= 11 is 0. The molecule has 2 radical (unpaired) electrons. The van der Waals surface area contributed by atoms with E-state index < -0.39 is 23.9 Å². The summed E-state index contributed by atoms with van der Waals surface area (Å²) in [7, 11) is 0. The Morgan fingerprint density at radius 1 is 0.333 bits per heavy atom. The molecule has 0 amide bonds. The van der Waals surface area contributed by atoms with Gasteiger partial charge in [-0.3, -0.25) is 0 Å². The molecule has 0 bridgehead atoms. The molecule has 0 unspecified atom stereocenters. The summed E-state index contributed by atoms with van der Waals surface area (Å²) < 4.78 is 0. The molecule has 0 saturated carbocycles. The molecule has 4 rings (SSSR count). The Morgan fingerprint density at radius 3 is 0.571 bits per heavy atom. The second-order valence-corrected chi connectivity index (χ2v) is 7.29. The SMILES string of the molecule is O=C(O)c1ccccc1O.O=C(O)c1ccccc1O.O=C(O)c1ccccc1O.O=C(O)c1ccccc1O.[Cu].[Cu]. The van der Waals surface area contributed by atoms with Gasteiger partial charge in [-0.2, -0.15) is 0 Å². The number of aromatic hydroxyl groups is 4. The van der Waals surface area contributed by atoms with Crippen LogP contribution in [0.1, 0.15) is 41.4 Å². The maximum absolute atomic E-state index is 10.3. The number of hydrogen-bond acceptors (Lipinski definition) is 8. The van der Waals surface area contributed by atoms with Gasteiger partial charge in [0.15, 0.2) is 0 Å². The van der Waals surface area contributed by atoms with Gasteiger partial charge in [0.2, 0.25) is 0 Å². The van der Waals surface area contributed by atoms with Gasteiger partial charge in [0.1, 0.15) is 45.3 Å². The van der Waals surface area contributed by atoms with E-state index in [4.69, 9.17) is 40.9 Å². The van der Waals surface area contributed by atoms with E-state index in [0.29, 0.717) is 0 Å². The monoisotopic (exact) mass is 678 g/mol. The quantitative estimate of drug-likeness (QED) is 0.141. The number of rotatable bonds is 4. The van der Waals surface area contributed by atoms with Crippen molar-refractivity contribution in [2.75, 3.05) is 0 Å². The standard InChI is InChI=1S/4C7H6O3.2Cu/c4*8-6-4-2-1-3-5(6)7(9)10;;/h4*1-4,8H,(H,9,10);;. The molecule has 0 fully saturated rings. The predicted molar refractivity (Wildman–Crippen MR) is 140 cm³/mol. The minimum atomic E-state index is -1.11. The van der Waals surface area contributed by atoms with Gasteiger partial charge in [-0.1, -0.05) is 48.5 Å². The third-order valence-corrected chi connectivity index (χ3v) is 4.54. The first-order valence-corrected chi connectivity index (χ1v) is 10.9. The number of carboxylic acids is 4. The van der Waals surface area contributed by atoms with E-state index in [9.17, 15) is 19.2 Å². The van der Waals surface area contributed by atoms with E-state index in [0.717, 1.165) is 0 Å². The fourth-order valence-electron chi connectivity index (χ4n) is 2.62. The van der Waals surface area contributed by atoms with E-state index in [1.54, 1.807) is 48.5 Å². The van der Waals surface area contributed by atoms with E-state index in [-0.39, 0.29) is 79.4 Å². The van der Waals surface area contributed by atoms with Crippen molar-refractivity contribution in [1.29, 1.82) is 0 Å². The first-order chi connectivity index (χ1) is 18.9. The second kappa shape index (κ2) is 20.0. The summed E-state index contributed by atoms with van der Waals surface area (Å²) in [6.07, 6.45) is 0. The Hall–Kier alpha value is -5.00. The molecular formula is C28H24Cu2O12. The van der Waals surface area contributed by atoms with E-state index in [1.807, 2.05) is 0 Å². The van der Waals surface area contributed by atoms with Crippen molar-refractivity contribution in [2.45, 2.75) is 0 Å². The Morgan fingerprint density at radius 2 is 0.476 bits per heavy atom. The minimum absolute atomic E-state index is 0. The maximum Gasteiger partial charge on any atom is 0.339 e. The molecule has 0 aliphatic carbocycles. The zero-order valence-corrected chi connectivity index (χ0v) is 22.9. The third kappa shape index (κ3) is 13.4. The molecule has 0 saturated heterocycles. The predicted octanol–water partition coefficient (Wildman–Crippen LogP) is 4.36. The number of carboxylic acid groups (broad SMARTS) is 4. The Kier molecular flexibility index (Phi) is 18.6. The van der Waals surface area contributed by atoms with Gasteiger partial charge >= 0.3 is 23.9 Å². The van der Waals surface area contributed by atoms with Crippen LogP contribution in [0.3, 0.4) is 0 Å². The number of benzene rings is 4. The van der Waals surface area contributed by atoms with Crippen molar-refractivity contribution in [3.8, 4) is 23.0 Å². The average Bonchev–Trinajstić information content (AvgIpc) is 2.90. The van der Waals surface area contributed by atoms with Crippen LogP contribution in [0.25, 0.3) is 0 Å². The molecule has 12 nitrogen and oxygen atoms in total. The molecule has 4 aromatic carbocycles. The van der Waals surface area contributed by atoms with Crippen LogP contribution in [0.4, 0.5) is 0 Å². The summed E-state index contributed by atoms with van der Waals surface area (Å²) in [5, 5.41) is 69.2. The van der Waals surface area contributed by atoms with Crippen LogP contribution in [0.2, 0.25) is 0 Å². The van der Waals surface area contributed by atoms with Gasteiger partial charge in [-0.15, -0.1) is 0 Å². The molecule has 14 heteroatoms. The first-order valence-electron chi connectivity index (χ1n) is 10.9. The Labute approximate surface area is 259 Å². The Balaban J connectivity index is 0. The summed E-state index contributed by atoms with van der Waals surface area (Å²) in [5.41, 5.74) is -0.269. The molecule has 0 aliphatic rings. The summed E-state index contributed by atoms with van der Waals surface area (Å²) in [4.78, 5) is 41.0. The topological polar surface area (TPSA) is 230 Å². The van der Waals surface area contributed by atoms with Gasteiger partial charge in [-0.05, 0) is 48.5 Å². The van der Waals surface area contributed by atoms with Gasteiger partial charge in [0.25, 0.3) is 0 Å². The van der Waals surface area contributed by atoms with Crippen LogP contribution in [-0.2, 0) is 34.1 Å². The zero-order valence-electron chi connectivity index (χ0n) is 21.1. The van der Waals surface area contributed by atoms with Crippen molar-refractivity contribution in [3.05, 3.63) is 119 Å². The second-order valence-electron chi connectivity index (χ2n) is 7.29. The van der Waals surface area contributed by atoms with Crippen molar-refractivity contribution >= 4 is 23.9 Å². The molecule has 0 aliphatic heterocycles. The van der Waals surface area contributed by atoms with Crippen LogP contribution in [0.5, 0.6) is 23.0 Å². The largest absolute Gasteiger partial charge is 0.507 e.